The molecule has 4 aromatic rings. The highest BCUT2D eigenvalue weighted by Gasteiger charge is 2.32. The summed E-state index contributed by atoms with van der Waals surface area (Å²) >= 11 is 0. The first-order chi connectivity index (χ1) is 14.6. The van der Waals surface area contributed by atoms with Crippen LogP contribution < -0.4 is 5.56 Å². The number of pyridine rings is 1. The lowest BCUT2D eigenvalue weighted by molar-refractivity contribution is -0.128. The van der Waals surface area contributed by atoms with Crippen molar-refractivity contribution in [1.82, 2.24) is 24.5 Å². The number of hydrogen-bond donors (Lipinski definition) is 1. The zero-order valence-corrected chi connectivity index (χ0v) is 16.0. The maximum absolute atomic E-state index is 13.3. The van der Waals surface area contributed by atoms with E-state index in [1.165, 1.54) is 22.7 Å². The molecule has 5 rings (SSSR count). The molecule has 3 aromatic heterocycles. The highest BCUT2D eigenvalue weighted by molar-refractivity contribution is 5.80. The van der Waals surface area contributed by atoms with Crippen molar-refractivity contribution >= 4 is 11.6 Å². The minimum atomic E-state index is -0.330. The first-order valence-electron chi connectivity index (χ1n) is 9.62. The van der Waals surface area contributed by atoms with Gasteiger partial charge in [-0.05, 0) is 35.4 Å². The van der Waals surface area contributed by atoms with Crippen LogP contribution >= 0.6 is 0 Å². The molecule has 4 heterocycles. The molecular weight excluding hydrogens is 385 g/mol. The average Bonchev–Trinajstić information content (AvgIpc) is 3.34. The Morgan fingerprint density at radius 2 is 1.87 bits per heavy atom. The summed E-state index contributed by atoms with van der Waals surface area (Å²) in [5, 5.41) is 2.90. The highest BCUT2D eigenvalue weighted by atomic mass is 19.1. The number of aromatic nitrogens is 4. The summed E-state index contributed by atoms with van der Waals surface area (Å²) in [7, 11) is 0. The van der Waals surface area contributed by atoms with Gasteiger partial charge in [0.1, 0.15) is 5.82 Å². The fourth-order valence-corrected chi connectivity index (χ4v) is 3.88. The lowest BCUT2D eigenvalue weighted by Crippen LogP contribution is -2.24. The summed E-state index contributed by atoms with van der Waals surface area (Å²) in [6.07, 6.45) is 5.39. The average molecular weight is 403 g/mol. The number of fused-ring (bicyclic) bond motifs is 1. The number of carbonyl (C=O) groups excluding carboxylic acids is 1. The molecule has 1 aromatic carbocycles. The van der Waals surface area contributed by atoms with Gasteiger partial charge in [-0.15, -0.1) is 0 Å². The third-order valence-electron chi connectivity index (χ3n) is 5.43. The molecule has 0 radical (unpaired) electrons. The van der Waals surface area contributed by atoms with E-state index in [2.05, 4.69) is 10.1 Å². The number of hydrogen-bond acceptors (Lipinski definition) is 4. The Morgan fingerprint density at radius 1 is 1.10 bits per heavy atom. The molecule has 1 aliphatic heterocycles. The maximum Gasteiger partial charge on any atom is 0.272 e. The van der Waals surface area contributed by atoms with Crippen molar-refractivity contribution in [3.8, 4) is 11.1 Å². The predicted octanol–water partition coefficient (Wildman–Crippen LogP) is 2.74. The summed E-state index contributed by atoms with van der Waals surface area (Å²) in [4.78, 5) is 35.7. The minimum Gasteiger partial charge on any atom is -0.338 e. The van der Waals surface area contributed by atoms with Crippen LogP contribution in [0.3, 0.4) is 0 Å². The molecular formula is C22H18FN5O2. The topological polar surface area (TPSA) is 83.4 Å². The summed E-state index contributed by atoms with van der Waals surface area (Å²) in [6, 6.07) is 11.3. The molecule has 0 bridgehead atoms. The first-order valence-corrected chi connectivity index (χ1v) is 9.62. The number of carbonyl (C=O) groups is 1. The van der Waals surface area contributed by atoms with E-state index >= 15 is 0 Å². The molecule has 1 aliphatic rings. The largest absolute Gasteiger partial charge is 0.338 e. The summed E-state index contributed by atoms with van der Waals surface area (Å²) in [5.74, 6) is -0.456. The predicted molar refractivity (Wildman–Crippen MR) is 108 cm³/mol. The van der Waals surface area contributed by atoms with Crippen molar-refractivity contribution in [3.63, 3.8) is 0 Å². The zero-order valence-electron chi connectivity index (χ0n) is 16.0. The van der Waals surface area contributed by atoms with Gasteiger partial charge in [-0.2, -0.15) is 0 Å². The van der Waals surface area contributed by atoms with Crippen LogP contribution in [0.5, 0.6) is 0 Å². The fraction of sp³-hybridized carbons (Fsp3) is 0.182. The minimum absolute atomic E-state index is 0.0339. The lowest BCUT2D eigenvalue weighted by atomic mass is 10.0. The number of rotatable bonds is 4. The molecule has 1 atom stereocenters. The Hall–Kier alpha value is -3.81. The van der Waals surface area contributed by atoms with Gasteiger partial charge in [0.05, 0.1) is 5.69 Å². The molecule has 1 fully saturated rings. The lowest BCUT2D eigenvalue weighted by Gasteiger charge is -2.16. The highest BCUT2D eigenvalue weighted by Crippen LogP contribution is 2.29. The molecule has 0 saturated carbocycles. The van der Waals surface area contributed by atoms with Crippen molar-refractivity contribution in [1.29, 1.82) is 0 Å². The van der Waals surface area contributed by atoms with E-state index in [0.717, 1.165) is 11.1 Å². The number of benzene rings is 1. The van der Waals surface area contributed by atoms with Crippen LogP contribution in [0.4, 0.5) is 4.39 Å². The molecule has 1 saturated heterocycles. The number of likely N-dealkylation sites (tertiary alicyclic amines) is 1. The van der Waals surface area contributed by atoms with Crippen molar-refractivity contribution < 1.29 is 9.18 Å². The Balaban J connectivity index is 1.47. The third-order valence-corrected chi connectivity index (χ3v) is 5.43. The molecule has 150 valence electrons. The van der Waals surface area contributed by atoms with Crippen molar-refractivity contribution in [2.24, 2.45) is 0 Å². The van der Waals surface area contributed by atoms with E-state index in [4.69, 9.17) is 4.98 Å². The van der Waals surface area contributed by atoms with E-state index in [-0.39, 0.29) is 23.2 Å². The number of aromatic amines is 1. The van der Waals surface area contributed by atoms with E-state index < -0.39 is 0 Å². The van der Waals surface area contributed by atoms with Crippen LogP contribution in [0.25, 0.3) is 16.8 Å². The number of H-pyrrole nitrogens is 1. The molecule has 1 amide bonds. The van der Waals surface area contributed by atoms with Crippen LogP contribution in [0.1, 0.15) is 23.6 Å². The van der Waals surface area contributed by atoms with Crippen LogP contribution in [-0.2, 0) is 11.3 Å². The second-order valence-electron chi connectivity index (χ2n) is 7.40. The van der Waals surface area contributed by atoms with Gasteiger partial charge >= 0.3 is 0 Å². The second-order valence-corrected chi connectivity index (χ2v) is 7.40. The van der Waals surface area contributed by atoms with Crippen molar-refractivity contribution in [2.75, 3.05) is 6.54 Å². The monoisotopic (exact) mass is 403 g/mol. The number of amides is 1. The summed E-state index contributed by atoms with van der Waals surface area (Å²) in [5.41, 5.74) is 3.26. The molecule has 30 heavy (non-hydrogen) atoms. The standard InChI is InChI=1S/C22H18FN5O2/c23-17-3-1-15(2-4-17)18-11-25-28-21(30)10-19(26-22(18)28)16-9-20(29)27(13-16)12-14-5-7-24-8-6-14/h1-8,10-11,16,25H,9,12-13H2. The Labute approximate surface area is 170 Å². The van der Waals surface area contributed by atoms with Gasteiger partial charge in [-0.25, -0.2) is 13.9 Å². The third kappa shape index (κ3) is 3.26. The van der Waals surface area contributed by atoms with Gasteiger partial charge in [-0.1, -0.05) is 12.1 Å². The Kier molecular flexibility index (Phi) is 4.39. The van der Waals surface area contributed by atoms with Crippen LogP contribution in [0, 0.1) is 5.82 Å². The van der Waals surface area contributed by atoms with Gasteiger partial charge < -0.3 is 4.90 Å². The molecule has 0 aliphatic carbocycles. The van der Waals surface area contributed by atoms with Crippen LogP contribution in [-0.4, -0.2) is 36.9 Å². The van der Waals surface area contributed by atoms with Gasteiger partial charge in [0.2, 0.25) is 5.91 Å². The number of halogens is 1. The van der Waals surface area contributed by atoms with Gasteiger partial charge in [-0.3, -0.25) is 19.7 Å². The molecule has 7 nitrogen and oxygen atoms in total. The Bertz CT molecular complexity index is 1280. The summed E-state index contributed by atoms with van der Waals surface area (Å²) < 4.78 is 14.6. The zero-order chi connectivity index (χ0) is 20.7. The Morgan fingerprint density at radius 3 is 2.63 bits per heavy atom. The smallest absolute Gasteiger partial charge is 0.272 e. The van der Waals surface area contributed by atoms with E-state index in [1.807, 2.05) is 12.1 Å². The van der Waals surface area contributed by atoms with Crippen LogP contribution in [0.2, 0.25) is 0 Å². The number of nitrogens with one attached hydrogen (secondary N) is 1. The molecule has 0 spiro atoms. The van der Waals surface area contributed by atoms with Gasteiger partial charge in [0, 0.05) is 55.6 Å². The van der Waals surface area contributed by atoms with Crippen molar-refractivity contribution in [2.45, 2.75) is 18.9 Å². The molecule has 1 N–H and O–H groups in total. The van der Waals surface area contributed by atoms with E-state index in [9.17, 15) is 14.0 Å². The molecule has 1 unspecified atom stereocenters. The molecule has 8 heteroatoms. The second kappa shape index (κ2) is 7.22. The van der Waals surface area contributed by atoms with Gasteiger partial charge in [0.15, 0.2) is 5.65 Å². The summed E-state index contributed by atoms with van der Waals surface area (Å²) in [6.45, 7) is 1.00. The first kappa shape index (κ1) is 18.2. The number of nitrogens with zero attached hydrogens (tertiary/aromatic N) is 4. The SMILES string of the molecule is O=C1CC(c2cc(=O)n3[nH]cc(-c4ccc(F)cc4)c3n2)CN1Cc1ccncc1. The van der Waals surface area contributed by atoms with E-state index in [1.54, 1.807) is 35.6 Å². The van der Waals surface area contributed by atoms with Crippen LogP contribution in [0.15, 0.2) is 65.8 Å². The van der Waals surface area contributed by atoms with E-state index in [0.29, 0.717) is 36.4 Å². The van der Waals surface area contributed by atoms with Crippen molar-refractivity contribution in [3.05, 3.63) is 88.5 Å². The fourth-order valence-electron chi connectivity index (χ4n) is 3.88. The normalized spacial score (nSPS) is 16.5. The quantitative estimate of drug-likeness (QED) is 0.568. The van der Waals surface area contributed by atoms with Gasteiger partial charge in [0.25, 0.3) is 5.56 Å². The maximum atomic E-state index is 13.3.